The zero-order valence-corrected chi connectivity index (χ0v) is 13.6. The Morgan fingerprint density at radius 2 is 2.09 bits per heavy atom. The molecule has 0 spiro atoms. The number of rotatable bonds is 5. The first kappa shape index (κ1) is 15.4. The molecule has 0 atom stereocenters. The van der Waals surface area contributed by atoms with Gasteiger partial charge in [0.15, 0.2) is 5.65 Å². The van der Waals surface area contributed by atoms with Gasteiger partial charge in [-0.1, -0.05) is 30.3 Å². The van der Waals surface area contributed by atoms with E-state index in [0.29, 0.717) is 28.6 Å². The first-order chi connectivity index (χ1) is 11.2. The van der Waals surface area contributed by atoms with Crippen molar-refractivity contribution in [2.45, 2.75) is 11.6 Å². The zero-order valence-electron chi connectivity index (χ0n) is 12.8. The van der Waals surface area contributed by atoms with Crippen molar-refractivity contribution in [3.8, 4) is 0 Å². The summed E-state index contributed by atoms with van der Waals surface area (Å²) < 4.78 is 6.54. The second kappa shape index (κ2) is 6.70. The molecule has 23 heavy (non-hydrogen) atoms. The maximum atomic E-state index is 12.2. The normalized spacial score (nSPS) is 10.7. The van der Waals surface area contributed by atoms with Gasteiger partial charge in [-0.25, -0.2) is 9.78 Å². The van der Waals surface area contributed by atoms with Gasteiger partial charge >= 0.3 is 5.97 Å². The number of ether oxygens (including phenoxy) is 1. The molecule has 6 nitrogen and oxygen atoms in total. The number of hydrogen-bond donors (Lipinski definition) is 1. The third-order valence-corrected chi connectivity index (χ3v) is 4.07. The Bertz CT molecular complexity index is 833. The number of esters is 1. The highest BCUT2D eigenvalue weighted by Gasteiger charge is 2.22. The fourth-order valence-corrected chi connectivity index (χ4v) is 2.87. The van der Waals surface area contributed by atoms with E-state index in [1.807, 2.05) is 36.6 Å². The van der Waals surface area contributed by atoms with E-state index in [4.69, 9.17) is 4.74 Å². The number of hydrogen-bond acceptors (Lipinski definition) is 6. The van der Waals surface area contributed by atoms with E-state index < -0.39 is 5.97 Å². The predicted molar refractivity (Wildman–Crippen MR) is 89.9 cm³/mol. The van der Waals surface area contributed by atoms with Crippen LogP contribution in [0.5, 0.6) is 0 Å². The van der Waals surface area contributed by atoms with Gasteiger partial charge in [-0.05, 0) is 11.8 Å². The first-order valence-corrected chi connectivity index (χ1v) is 8.25. The van der Waals surface area contributed by atoms with Crippen LogP contribution >= 0.6 is 11.8 Å². The van der Waals surface area contributed by atoms with E-state index in [1.54, 1.807) is 16.8 Å². The minimum Gasteiger partial charge on any atom is -0.465 e. The number of nitrogens with one attached hydrogen (secondary N) is 1. The fraction of sp³-hybridized carbons (Fsp3) is 0.188. The lowest BCUT2D eigenvalue weighted by Gasteiger charge is -2.15. The van der Waals surface area contributed by atoms with Gasteiger partial charge < -0.3 is 10.1 Å². The largest absolute Gasteiger partial charge is 0.465 e. The Kier molecular flexibility index (Phi) is 4.47. The molecule has 0 aliphatic rings. The van der Waals surface area contributed by atoms with Crippen LogP contribution in [-0.4, -0.2) is 33.9 Å². The van der Waals surface area contributed by atoms with E-state index in [9.17, 15) is 4.79 Å². The third-order valence-electron chi connectivity index (χ3n) is 3.39. The monoisotopic (exact) mass is 328 g/mol. The highest BCUT2D eigenvalue weighted by molar-refractivity contribution is 7.98. The SMILES string of the molecule is COC(=O)c1c(SC)nc2ccnn2c1NCc1ccccc1. The molecule has 0 amide bonds. The molecular formula is C16H16N4O2S. The van der Waals surface area contributed by atoms with Crippen molar-refractivity contribution >= 4 is 29.2 Å². The molecule has 0 aliphatic heterocycles. The average Bonchev–Trinajstić information content (AvgIpc) is 3.07. The number of anilines is 1. The van der Waals surface area contributed by atoms with Crippen molar-refractivity contribution in [3.05, 3.63) is 53.7 Å². The summed E-state index contributed by atoms with van der Waals surface area (Å²) in [5, 5.41) is 8.16. The minimum atomic E-state index is -0.435. The summed E-state index contributed by atoms with van der Waals surface area (Å²) in [5.74, 6) is 0.148. The number of carbonyl (C=O) groups is 1. The van der Waals surface area contributed by atoms with Gasteiger partial charge in [-0.2, -0.15) is 9.61 Å². The zero-order chi connectivity index (χ0) is 16.2. The van der Waals surface area contributed by atoms with E-state index in [1.165, 1.54) is 18.9 Å². The van der Waals surface area contributed by atoms with Crippen molar-refractivity contribution in [1.29, 1.82) is 0 Å². The van der Waals surface area contributed by atoms with Crippen molar-refractivity contribution in [2.75, 3.05) is 18.7 Å². The molecule has 0 saturated carbocycles. The van der Waals surface area contributed by atoms with E-state index >= 15 is 0 Å². The number of thioether (sulfide) groups is 1. The molecule has 2 heterocycles. The molecule has 0 bridgehead atoms. The molecule has 0 aliphatic carbocycles. The van der Waals surface area contributed by atoms with Gasteiger partial charge in [0.25, 0.3) is 0 Å². The Hall–Kier alpha value is -2.54. The Labute approximate surface area is 137 Å². The van der Waals surface area contributed by atoms with Crippen LogP contribution in [0.15, 0.2) is 47.6 Å². The molecule has 2 aromatic heterocycles. The molecule has 1 aromatic carbocycles. The summed E-state index contributed by atoms with van der Waals surface area (Å²) >= 11 is 1.40. The molecule has 3 rings (SSSR count). The summed E-state index contributed by atoms with van der Waals surface area (Å²) in [6.45, 7) is 0.567. The maximum absolute atomic E-state index is 12.2. The molecule has 7 heteroatoms. The minimum absolute atomic E-state index is 0.395. The highest BCUT2D eigenvalue weighted by Crippen LogP contribution is 2.27. The van der Waals surface area contributed by atoms with Crippen LogP contribution in [-0.2, 0) is 11.3 Å². The molecule has 118 valence electrons. The number of fused-ring (bicyclic) bond motifs is 1. The smallest absolute Gasteiger partial charge is 0.344 e. The number of methoxy groups -OCH3 is 1. The molecule has 1 N–H and O–H groups in total. The van der Waals surface area contributed by atoms with E-state index in [0.717, 1.165) is 5.56 Å². The number of benzene rings is 1. The predicted octanol–water partition coefficient (Wildman–Crippen LogP) is 2.85. The first-order valence-electron chi connectivity index (χ1n) is 7.02. The van der Waals surface area contributed by atoms with Crippen molar-refractivity contribution in [2.24, 2.45) is 0 Å². The maximum Gasteiger partial charge on any atom is 0.344 e. The topological polar surface area (TPSA) is 68.5 Å². The van der Waals surface area contributed by atoms with Gasteiger partial charge in [0.2, 0.25) is 0 Å². The number of nitrogens with zero attached hydrogens (tertiary/aromatic N) is 3. The van der Waals surface area contributed by atoms with Crippen LogP contribution in [0.1, 0.15) is 15.9 Å². The molecule has 3 aromatic rings. The van der Waals surface area contributed by atoms with Gasteiger partial charge in [0, 0.05) is 12.6 Å². The van der Waals surface area contributed by atoms with Crippen molar-refractivity contribution in [1.82, 2.24) is 14.6 Å². The van der Waals surface area contributed by atoms with E-state index in [2.05, 4.69) is 15.4 Å². The van der Waals surface area contributed by atoms with Crippen LogP contribution in [0.25, 0.3) is 5.65 Å². The van der Waals surface area contributed by atoms with Crippen LogP contribution in [0.4, 0.5) is 5.82 Å². The summed E-state index contributed by atoms with van der Waals surface area (Å²) in [7, 11) is 1.36. The average molecular weight is 328 g/mol. The quantitative estimate of drug-likeness (QED) is 0.441. The lowest BCUT2D eigenvalue weighted by atomic mass is 10.2. The van der Waals surface area contributed by atoms with Crippen molar-refractivity contribution < 1.29 is 9.53 Å². The van der Waals surface area contributed by atoms with E-state index in [-0.39, 0.29) is 0 Å². The lowest BCUT2D eigenvalue weighted by Crippen LogP contribution is -2.15. The Balaban J connectivity index is 2.08. The van der Waals surface area contributed by atoms with Crippen LogP contribution in [0.3, 0.4) is 0 Å². The van der Waals surface area contributed by atoms with Crippen molar-refractivity contribution in [3.63, 3.8) is 0 Å². The van der Waals surface area contributed by atoms with Crippen LogP contribution in [0.2, 0.25) is 0 Å². The number of carbonyl (C=O) groups excluding carboxylic acids is 1. The molecule has 0 unspecified atom stereocenters. The number of aromatic nitrogens is 3. The van der Waals surface area contributed by atoms with Gasteiger partial charge in [0.05, 0.1) is 13.3 Å². The summed E-state index contributed by atoms with van der Waals surface area (Å²) in [5.41, 5.74) is 2.18. The Morgan fingerprint density at radius 3 is 2.78 bits per heavy atom. The third kappa shape index (κ3) is 3.00. The summed E-state index contributed by atoms with van der Waals surface area (Å²) in [6.07, 6.45) is 3.53. The highest BCUT2D eigenvalue weighted by atomic mass is 32.2. The van der Waals surface area contributed by atoms with Gasteiger partial charge in [-0.15, -0.1) is 11.8 Å². The summed E-state index contributed by atoms with van der Waals surface area (Å²) in [6, 6.07) is 11.7. The van der Waals surface area contributed by atoms with Gasteiger partial charge in [0.1, 0.15) is 16.4 Å². The standard InChI is InChI=1S/C16H16N4O2S/c1-22-16(21)13-14(17-10-11-6-4-3-5-7-11)20-12(8-9-18-20)19-15(13)23-2/h3-9,17H,10H2,1-2H3. The lowest BCUT2D eigenvalue weighted by molar-refractivity contribution is 0.0596. The Morgan fingerprint density at radius 1 is 1.30 bits per heavy atom. The molecule has 0 fully saturated rings. The summed E-state index contributed by atoms with van der Waals surface area (Å²) in [4.78, 5) is 16.7. The molecule has 0 saturated heterocycles. The fourth-order valence-electron chi connectivity index (χ4n) is 2.30. The second-order valence-electron chi connectivity index (χ2n) is 4.78. The van der Waals surface area contributed by atoms with Crippen LogP contribution in [0, 0.1) is 0 Å². The van der Waals surface area contributed by atoms with Crippen LogP contribution < -0.4 is 5.32 Å². The second-order valence-corrected chi connectivity index (χ2v) is 5.57. The van der Waals surface area contributed by atoms with Gasteiger partial charge in [-0.3, -0.25) is 0 Å². The molecule has 0 radical (unpaired) electrons. The molecular weight excluding hydrogens is 312 g/mol.